The fourth-order valence-corrected chi connectivity index (χ4v) is 4.29. The van der Waals surface area contributed by atoms with E-state index in [1.54, 1.807) is 23.0 Å². The van der Waals surface area contributed by atoms with Gasteiger partial charge in [-0.25, -0.2) is 0 Å². The summed E-state index contributed by atoms with van der Waals surface area (Å²) in [5, 5.41) is 27.4. The molecule has 1 saturated carbocycles. The van der Waals surface area contributed by atoms with E-state index in [0.717, 1.165) is 36.7 Å². The Morgan fingerprint density at radius 1 is 1.42 bits per heavy atom. The molecule has 2 aromatic rings. The number of benzene rings is 1. The first-order chi connectivity index (χ1) is 14.9. The van der Waals surface area contributed by atoms with Crippen LogP contribution in [0.3, 0.4) is 0 Å². The van der Waals surface area contributed by atoms with E-state index in [9.17, 15) is 15.1 Å². The molecule has 1 aromatic carbocycles. The molecule has 2 heterocycles. The number of anilines is 2. The highest BCUT2D eigenvalue weighted by Gasteiger charge is 2.30. The lowest BCUT2D eigenvalue weighted by Crippen LogP contribution is -2.30. The summed E-state index contributed by atoms with van der Waals surface area (Å²) in [6.07, 6.45) is 7.29. The Morgan fingerprint density at radius 3 is 2.90 bits per heavy atom. The SMILES string of the molecule is CC(C)C1=Cc2cc(Nc3nn(C4CCCCC4C#N)cc3C(N)=O)ccc2OB1O. The number of allylic oxidation sites excluding steroid dienone is 1. The number of rotatable bonds is 5. The van der Waals surface area contributed by atoms with Crippen LogP contribution in [0.15, 0.2) is 29.9 Å². The molecule has 2 atom stereocenters. The zero-order valence-corrected chi connectivity index (χ0v) is 17.7. The number of hydrogen-bond donors (Lipinski definition) is 3. The van der Waals surface area contributed by atoms with Crippen LogP contribution in [0.4, 0.5) is 11.5 Å². The second-order valence-corrected chi connectivity index (χ2v) is 8.47. The lowest BCUT2D eigenvalue weighted by molar-refractivity contribution is 0.100. The molecular formula is C22H26BN5O3. The Morgan fingerprint density at radius 2 is 2.19 bits per heavy atom. The Balaban J connectivity index is 1.65. The van der Waals surface area contributed by atoms with E-state index >= 15 is 0 Å². The van der Waals surface area contributed by atoms with E-state index in [-0.39, 0.29) is 23.4 Å². The smallest absolute Gasteiger partial charge is 0.532 e. The highest BCUT2D eigenvalue weighted by atomic mass is 16.5. The third-order valence-corrected chi connectivity index (χ3v) is 6.02. The second kappa shape index (κ2) is 8.48. The van der Waals surface area contributed by atoms with Crippen molar-refractivity contribution in [2.45, 2.75) is 45.6 Å². The number of nitrogens with zero attached hydrogens (tertiary/aromatic N) is 3. The van der Waals surface area contributed by atoms with Crippen LogP contribution in [0.25, 0.3) is 6.08 Å². The highest BCUT2D eigenvalue weighted by Crippen LogP contribution is 2.36. The quantitative estimate of drug-likeness (QED) is 0.638. The van der Waals surface area contributed by atoms with Gasteiger partial charge in [0.05, 0.1) is 18.0 Å². The second-order valence-electron chi connectivity index (χ2n) is 8.47. The number of primary amides is 1. The van der Waals surface area contributed by atoms with Gasteiger partial charge in [-0.15, -0.1) is 0 Å². The van der Waals surface area contributed by atoms with Crippen molar-refractivity contribution in [3.8, 4) is 11.8 Å². The summed E-state index contributed by atoms with van der Waals surface area (Å²) in [5.41, 5.74) is 8.23. The van der Waals surface area contributed by atoms with Gasteiger partial charge in [0, 0.05) is 17.4 Å². The summed E-state index contributed by atoms with van der Waals surface area (Å²) >= 11 is 0. The van der Waals surface area contributed by atoms with Crippen LogP contribution in [0.2, 0.25) is 0 Å². The van der Waals surface area contributed by atoms with Gasteiger partial charge in [-0.1, -0.05) is 32.8 Å². The minimum atomic E-state index is -0.952. The third kappa shape index (κ3) is 4.16. The minimum Gasteiger partial charge on any atom is -0.532 e. The van der Waals surface area contributed by atoms with E-state index < -0.39 is 13.0 Å². The average Bonchev–Trinajstić information content (AvgIpc) is 3.17. The number of nitrogens with two attached hydrogens (primary N) is 1. The summed E-state index contributed by atoms with van der Waals surface area (Å²) in [5.74, 6) is 0.376. The standard InChI is InChI=1S/C22H26BN5O3/c1-13(2)18-10-15-9-16(7-8-20(15)31-23(18)30)26-22-17(21(25)29)12-28(27-22)19-6-4-3-5-14(19)11-24/h7-10,12-14,19,30H,3-6H2,1-2H3,(H2,25,29)(H,26,27). The van der Waals surface area contributed by atoms with Crippen LogP contribution >= 0.6 is 0 Å². The molecule has 4 N–H and O–H groups in total. The van der Waals surface area contributed by atoms with Crippen LogP contribution in [0.5, 0.6) is 5.75 Å². The normalized spacial score (nSPS) is 20.5. The number of aromatic nitrogens is 2. The van der Waals surface area contributed by atoms with Crippen molar-refractivity contribution in [2.75, 3.05) is 5.32 Å². The van der Waals surface area contributed by atoms with E-state index in [1.165, 1.54) is 0 Å². The number of carbonyl (C=O) groups excluding carboxylic acids is 1. The number of hydrogen-bond acceptors (Lipinski definition) is 6. The van der Waals surface area contributed by atoms with E-state index in [0.29, 0.717) is 17.3 Å². The van der Waals surface area contributed by atoms with Crippen molar-refractivity contribution < 1.29 is 14.5 Å². The van der Waals surface area contributed by atoms with Crippen molar-refractivity contribution in [1.29, 1.82) is 5.26 Å². The lowest BCUT2D eigenvalue weighted by Gasteiger charge is -2.26. The first-order valence-electron chi connectivity index (χ1n) is 10.6. The van der Waals surface area contributed by atoms with Crippen LogP contribution in [0.1, 0.15) is 61.5 Å². The first kappa shape index (κ1) is 21.0. The molecule has 1 aliphatic heterocycles. The summed E-state index contributed by atoms with van der Waals surface area (Å²) in [7, 11) is -0.952. The molecule has 2 aliphatic rings. The molecule has 160 valence electrons. The van der Waals surface area contributed by atoms with Gasteiger partial charge in [-0.3, -0.25) is 9.48 Å². The van der Waals surface area contributed by atoms with Crippen LogP contribution in [-0.4, -0.2) is 27.8 Å². The average molecular weight is 419 g/mol. The molecule has 1 aromatic heterocycles. The monoisotopic (exact) mass is 419 g/mol. The van der Waals surface area contributed by atoms with Crippen molar-refractivity contribution in [2.24, 2.45) is 17.6 Å². The number of nitriles is 1. The largest absolute Gasteiger partial charge is 0.556 e. The van der Waals surface area contributed by atoms with Gasteiger partial charge in [0.15, 0.2) is 5.82 Å². The van der Waals surface area contributed by atoms with Crippen LogP contribution < -0.4 is 15.7 Å². The molecule has 1 aliphatic carbocycles. The zero-order valence-electron chi connectivity index (χ0n) is 17.7. The maximum absolute atomic E-state index is 12.1. The maximum atomic E-state index is 12.1. The summed E-state index contributed by atoms with van der Waals surface area (Å²) in [4.78, 5) is 12.1. The predicted molar refractivity (Wildman–Crippen MR) is 118 cm³/mol. The summed E-state index contributed by atoms with van der Waals surface area (Å²) in [6.45, 7) is 3.99. The van der Waals surface area contributed by atoms with E-state index in [1.807, 2.05) is 26.0 Å². The van der Waals surface area contributed by atoms with Gasteiger partial charge in [0.25, 0.3) is 5.91 Å². The Kier molecular flexibility index (Phi) is 5.74. The Labute approximate surface area is 181 Å². The van der Waals surface area contributed by atoms with Crippen molar-refractivity contribution in [3.05, 3.63) is 41.0 Å². The number of amides is 1. The summed E-state index contributed by atoms with van der Waals surface area (Å²) in [6, 6.07) is 7.75. The molecule has 4 rings (SSSR count). The minimum absolute atomic E-state index is 0.0673. The number of carbonyl (C=O) groups is 1. The Hall–Kier alpha value is -3.25. The molecule has 9 heteroatoms. The molecule has 1 amide bonds. The zero-order chi connectivity index (χ0) is 22.1. The fraction of sp³-hybridized carbons (Fsp3) is 0.409. The highest BCUT2D eigenvalue weighted by molar-refractivity contribution is 6.55. The lowest BCUT2D eigenvalue weighted by atomic mass is 9.70. The van der Waals surface area contributed by atoms with Gasteiger partial charge < -0.3 is 20.7 Å². The van der Waals surface area contributed by atoms with Crippen molar-refractivity contribution in [3.63, 3.8) is 0 Å². The molecule has 0 spiro atoms. The molecular weight excluding hydrogens is 393 g/mol. The van der Waals surface area contributed by atoms with Gasteiger partial charge in [0.2, 0.25) is 0 Å². The third-order valence-electron chi connectivity index (χ3n) is 6.02. The molecule has 8 nitrogen and oxygen atoms in total. The maximum Gasteiger partial charge on any atom is 0.556 e. The van der Waals surface area contributed by atoms with Crippen LogP contribution in [-0.2, 0) is 0 Å². The molecule has 31 heavy (non-hydrogen) atoms. The topological polar surface area (TPSA) is 126 Å². The van der Waals surface area contributed by atoms with Gasteiger partial charge in [0.1, 0.15) is 11.3 Å². The van der Waals surface area contributed by atoms with Crippen molar-refractivity contribution >= 4 is 30.6 Å². The van der Waals surface area contributed by atoms with E-state index in [2.05, 4.69) is 16.5 Å². The van der Waals surface area contributed by atoms with Gasteiger partial charge >= 0.3 is 7.12 Å². The molecule has 2 unspecified atom stereocenters. The fourth-order valence-electron chi connectivity index (χ4n) is 4.29. The Bertz CT molecular complexity index is 1070. The van der Waals surface area contributed by atoms with Crippen molar-refractivity contribution in [1.82, 2.24) is 9.78 Å². The molecule has 1 fully saturated rings. The van der Waals surface area contributed by atoms with Crippen LogP contribution in [0, 0.1) is 23.2 Å². The van der Waals surface area contributed by atoms with E-state index in [4.69, 9.17) is 10.4 Å². The van der Waals surface area contributed by atoms with Gasteiger partial charge in [-0.05, 0) is 42.4 Å². The molecule has 0 saturated heterocycles. The molecule has 0 bridgehead atoms. The number of fused-ring (bicyclic) bond motifs is 1. The predicted octanol–water partition coefficient (Wildman–Crippen LogP) is 3.43. The van der Waals surface area contributed by atoms with Gasteiger partial charge in [-0.2, -0.15) is 10.4 Å². The molecule has 0 radical (unpaired) electrons. The first-order valence-corrected chi connectivity index (χ1v) is 10.6. The number of nitrogens with one attached hydrogen (secondary N) is 1. The summed E-state index contributed by atoms with van der Waals surface area (Å²) < 4.78 is 7.33.